The molecule has 1 N–H and O–H groups in total. The summed E-state index contributed by atoms with van der Waals surface area (Å²) < 4.78 is 5.32. The zero-order valence-electron chi connectivity index (χ0n) is 14.0. The van der Waals surface area contributed by atoms with Gasteiger partial charge >= 0.3 is 5.69 Å². The smallest absolute Gasteiger partial charge is 0.311 e. The molecule has 0 aliphatic carbocycles. The van der Waals surface area contributed by atoms with Crippen LogP contribution in [0.5, 0.6) is 5.75 Å². The zero-order chi connectivity index (χ0) is 18.5. The summed E-state index contributed by atoms with van der Waals surface area (Å²) in [4.78, 5) is 24.7. The monoisotopic (exact) mass is 354 g/mol. The first-order valence-electron chi connectivity index (χ1n) is 8.17. The fourth-order valence-corrected chi connectivity index (χ4v) is 2.72. The second-order valence-corrected chi connectivity index (χ2v) is 5.85. The normalized spacial score (nSPS) is 14.5. The van der Waals surface area contributed by atoms with Crippen molar-refractivity contribution in [1.82, 2.24) is 0 Å². The van der Waals surface area contributed by atoms with Crippen LogP contribution in [0.2, 0.25) is 0 Å². The lowest BCUT2D eigenvalue weighted by Gasteiger charge is -2.28. The highest BCUT2D eigenvalue weighted by atomic mass is 16.6. The van der Waals surface area contributed by atoms with Crippen LogP contribution in [0.4, 0.5) is 11.4 Å². The van der Waals surface area contributed by atoms with E-state index in [-0.39, 0.29) is 5.78 Å². The van der Waals surface area contributed by atoms with Gasteiger partial charge in [-0.15, -0.1) is 0 Å². The molecule has 0 atom stereocenters. The van der Waals surface area contributed by atoms with Gasteiger partial charge in [0.2, 0.25) is 0 Å². The molecule has 1 aliphatic rings. The predicted molar refractivity (Wildman–Crippen MR) is 97.6 cm³/mol. The summed E-state index contributed by atoms with van der Waals surface area (Å²) in [5.41, 5.74) is 1.65. The number of benzene rings is 2. The Morgan fingerprint density at radius 2 is 1.85 bits per heavy atom. The van der Waals surface area contributed by atoms with Crippen molar-refractivity contribution in [2.75, 3.05) is 31.2 Å². The van der Waals surface area contributed by atoms with Crippen LogP contribution >= 0.6 is 0 Å². The van der Waals surface area contributed by atoms with E-state index in [1.807, 2.05) is 12.1 Å². The summed E-state index contributed by atoms with van der Waals surface area (Å²) in [5.74, 6) is -0.605. The van der Waals surface area contributed by atoms with Crippen molar-refractivity contribution in [2.24, 2.45) is 0 Å². The Morgan fingerprint density at radius 1 is 1.15 bits per heavy atom. The van der Waals surface area contributed by atoms with Gasteiger partial charge in [0.25, 0.3) is 0 Å². The summed E-state index contributed by atoms with van der Waals surface area (Å²) in [6.07, 6.45) is 2.85. The number of aromatic hydroxyl groups is 1. The highest BCUT2D eigenvalue weighted by molar-refractivity contribution is 6.07. The minimum Gasteiger partial charge on any atom is -0.502 e. The predicted octanol–water partition coefficient (Wildman–Crippen LogP) is 3.03. The Kier molecular flexibility index (Phi) is 5.28. The Hall–Kier alpha value is -3.19. The van der Waals surface area contributed by atoms with Crippen LogP contribution in [0.15, 0.2) is 48.5 Å². The van der Waals surface area contributed by atoms with E-state index in [2.05, 4.69) is 4.90 Å². The molecule has 7 heteroatoms. The highest BCUT2D eigenvalue weighted by Gasteiger charge is 2.13. The second-order valence-electron chi connectivity index (χ2n) is 5.85. The van der Waals surface area contributed by atoms with Gasteiger partial charge in [-0.2, -0.15) is 0 Å². The molecule has 2 aromatic rings. The summed E-state index contributed by atoms with van der Waals surface area (Å²) in [5, 5.41) is 20.3. The molecule has 0 bridgehead atoms. The third kappa shape index (κ3) is 4.07. The van der Waals surface area contributed by atoms with Crippen molar-refractivity contribution in [3.63, 3.8) is 0 Å². The second kappa shape index (κ2) is 7.79. The Labute approximate surface area is 150 Å². The van der Waals surface area contributed by atoms with Crippen molar-refractivity contribution < 1.29 is 19.6 Å². The number of nitro groups is 1. The molecule has 7 nitrogen and oxygen atoms in total. The Bertz CT molecular complexity index is 840. The van der Waals surface area contributed by atoms with Gasteiger partial charge in [0.1, 0.15) is 0 Å². The molecule has 1 fully saturated rings. The number of ketones is 1. The number of ether oxygens (including phenoxy) is 1. The fourth-order valence-electron chi connectivity index (χ4n) is 2.72. The molecule has 134 valence electrons. The van der Waals surface area contributed by atoms with Crippen molar-refractivity contribution in [1.29, 1.82) is 0 Å². The maximum atomic E-state index is 12.3. The van der Waals surface area contributed by atoms with E-state index < -0.39 is 16.4 Å². The lowest BCUT2D eigenvalue weighted by Crippen LogP contribution is -2.36. The SMILES string of the molecule is O=C(C=Cc1ccc(O)c([N+](=O)[O-])c1)c1ccc(N2CCOCC2)cc1. The molecule has 0 spiro atoms. The standard InChI is InChI=1S/C19H18N2O5/c22-18(7-1-14-2-8-19(23)17(13-14)21(24)25)15-3-5-16(6-4-15)20-9-11-26-12-10-20/h1-8,13,23H,9-12H2. The number of hydrogen-bond acceptors (Lipinski definition) is 6. The largest absolute Gasteiger partial charge is 0.502 e. The van der Waals surface area contributed by atoms with E-state index in [9.17, 15) is 20.0 Å². The number of carbonyl (C=O) groups is 1. The van der Waals surface area contributed by atoms with E-state index in [0.717, 1.165) is 18.8 Å². The first-order valence-corrected chi connectivity index (χ1v) is 8.17. The number of nitrogens with zero attached hydrogens (tertiary/aromatic N) is 2. The van der Waals surface area contributed by atoms with Crippen LogP contribution in [0.25, 0.3) is 6.08 Å². The first kappa shape index (κ1) is 17.6. The maximum absolute atomic E-state index is 12.3. The van der Waals surface area contributed by atoms with Gasteiger partial charge in [0.05, 0.1) is 18.1 Å². The summed E-state index contributed by atoms with van der Waals surface area (Å²) in [6, 6.07) is 11.3. The number of rotatable bonds is 5. The highest BCUT2D eigenvalue weighted by Crippen LogP contribution is 2.26. The molecular formula is C19H18N2O5. The van der Waals surface area contributed by atoms with Crippen LogP contribution < -0.4 is 4.90 Å². The molecular weight excluding hydrogens is 336 g/mol. The van der Waals surface area contributed by atoms with Crippen LogP contribution in [0.3, 0.4) is 0 Å². The number of hydrogen-bond donors (Lipinski definition) is 1. The van der Waals surface area contributed by atoms with Crippen LogP contribution in [0.1, 0.15) is 15.9 Å². The zero-order valence-corrected chi connectivity index (χ0v) is 14.0. The van der Waals surface area contributed by atoms with Gasteiger partial charge in [-0.25, -0.2) is 0 Å². The minimum absolute atomic E-state index is 0.200. The van der Waals surface area contributed by atoms with Crippen molar-refractivity contribution in [2.45, 2.75) is 0 Å². The van der Waals surface area contributed by atoms with Crippen LogP contribution in [0, 0.1) is 10.1 Å². The number of morpholine rings is 1. The van der Waals surface area contributed by atoms with Gasteiger partial charge < -0.3 is 14.7 Å². The number of carbonyl (C=O) groups excluding carboxylic acids is 1. The molecule has 3 rings (SSSR count). The molecule has 0 radical (unpaired) electrons. The van der Waals surface area contributed by atoms with Gasteiger partial charge in [-0.05, 0) is 42.0 Å². The van der Waals surface area contributed by atoms with Gasteiger partial charge in [0.15, 0.2) is 11.5 Å². The Balaban J connectivity index is 1.70. The molecule has 1 saturated heterocycles. The number of phenolic OH excluding ortho intramolecular Hbond substituents is 1. The van der Waals surface area contributed by atoms with E-state index in [0.29, 0.717) is 24.3 Å². The molecule has 0 amide bonds. The van der Waals surface area contributed by atoms with Crippen molar-refractivity contribution in [3.8, 4) is 5.75 Å². The third-order valence-electron chi connectivity index (χ3n) is 4.15. The van der Waals surface area contributed by atoms with E-state index in [1.54, 1.807) is 12.1 Å². The quantitative estimate of drug-likeness (QED) is 0.384. The Morgan fingerprint density at radius 3 is 2.50 bits per heavy atom. The summed E-state index contributed by atoms with van der Waals surface area (Å²) in [6.45, 7) is 3.05. The van der Waals surface area contributed by atoms with Crippen LogP contribution in [-0.4, -0.2) is 42.1 Å². The number of nitro benzene ring substituents is 1. The molecule has 0 saturated carbocycles. The molecule has 0 aromatic heterocycles. The van der Waals surface area contributed by atoms with Crippen LogP contribution in [-0.2, 0) is 4.74 Å². The lowest BCUT2D eigenvalue weighted by molar-refractivity contribution is -0.385. The summed E-state index contributed by atoms with van der Waals surface area (Å²) in [7, 11) is 0. The van der Waals surface area contributed by atoms with Gasteiger partial charge in [-0.1, -0.05) is 12.1 Å². The third-order valence-corrected chi connectivity index (χ3v) is 4.15. The lowest BCUT2D eigenvalue weighted by atomic mass is 10.1. The number of anilines is 1. The average Bonchev–Trinajstić information content (AvgIpc) is 2.67. The van der Waals surface area contributed by atoms with E-state index >= 15 is 0 Å². The van der Waals surface area contributed by atoms with Gasteiger partial charge in [-0.3, -0.25) is 14.9 Å². The topological polar surface area (TPSA) is 92.9 Å². The number of allylic oxidation sites excluding steroid dienone is 1. The molecule has 1 heterocycles. The minimum atomic E-state index is -0.668. The molecule has 26 heavy (non-hydrogen) atoms. The summed E-state index contributed by atoms with van der Waals surface area (Å²) >= 11 is 0. The number of phenols is 1. The fraction of sp³-hybridized carbons (Fsp3) is 0.211. The molecule has 1 aliphatic heterocycles. The molecule has 0 unspecified atom stereocenters. The van der Waals surface area contributed by atoms with Gasteiger partial charge in [0, 0.05) is 30.4 Å². The van der Waals surface area contributed by atoms with Crippen molar-refractivity contribution in [3.05, 3.63) is 69.8 Å². The maximum Gasteiger partial charge on any atom is 0.311 e. The molecule has 2 aromatic carbocycles. The average molecular weight is 354 g/mol. The van der Waals surface area contributed by atoms with Crippen molar-refractivity contribution >= 4 is 23.2 Å². The first-order chi connectivity index (χ1) is 12.5. The van der Waals surface area contributed by atoms with E-state index in [4.69, 9.17) is 4.74 Å². The van der Waals surface area contributed by atoms with E-state index in [1.165, 1.54) is 30.4 Å².